The lowest BCUT2D eigenvalue weighted by molar-refractivity contribution is 0.425. The van der Waals surface area contributed by atoms with Crippen LogP contribution in [0, 0.1) is 17.8 Å². The predicted octanol–water partition coefficient (Wildman–Crippen LogP) is 0.303. The Kier molecular flexibility index (Phi) is 3.60. The zero-order valence-electron chi connectivity index (χ0n) is 9.06. The summed E-state index contributed by atoms with van der Waals surface area (Å²) in [7, 11) is -1.48. The van der Waals surface area contributed by atoms with Crippen LogP contribution >= 0.6 is 0 Å². The third kappa shape index (κ3) is 2.63. The molecule has 16 heavy (non-hydrogen) atoms. The van der Waals surface area contributed by atoms with Crippen molar-refractivity contribution in [3.05, 3.63) is 24.0 Å². The maximum absolute atomic E-state index is 9.16. The Bertz CT molecular complexity index is 417. The standard InChI is InChI=1S/C12H14BNO2/c15-13(16)12-7-8-14-9-11(12)6-5-10-3-1-2-4-10/h7-10,15-16H,1-4H2. The molecule has 0 aromatic carbocycles. The molecule has 0 amide bonds. The SMILES string of the molecule is OB(O)c1ccncc1C#CC1CCCC1. The number of rotatable bonds is 1. The van der Waals surface area contributed by atoms with Gasteiger partial charge in [-0.1, -0.05) is 24.7 Å². The van der Waals surface area contributed by atoms with E-state index in [1.807, 2.05) is 0 Å². The molecule has 0 unspecified atom stereocenters. The smallest absolute Gasteiger partial charge is 0.423 e. The lowest BCUT2D eigenvalue weighted by atomic mass is 9.78. The molecule has 1 aliphatic rings. The van der Waals surface area contributed by atoms with Crippen LogP contribution in [-0.4, -0.2) is 22.2 Å². The van der Waals surface area contributed by atoms with E-state index in [0.717, 1.165) is 12.8 Å². The summed E-state index contributed by atoms with van der Waals surface area (Å²) in [4.78, 5) is 3.95. The topological polar surface area (TPSA) is 53.4 Å². The van der Waals surface area contributed by atoms with E-state index in [9.17, 15) is 0 Å². The normalized spacial score (nSPS) is 15.6. The van der Waals surface area contributed by atoms with Crippen LogP contribution in [0.25, 0.3) is 0 Å². The maximum atomic E-state index is 9.16. The van der Waals surface area contributed by atoms with E-state index in [2.05, 4.69) is 16.8 Å². The van der Waals surface area contributed by atoms with Crippen LogP contribution in [-0.2, 0) is 0 Å². The molecule has 1 heterocycles. The summed E-state index contributed by atoms with van der Waals surface area (Å²) < 4.78 is 0. The fourth-order valence-electron chi connectivity index (χ4n) is 1.98. The maximum Gasteiger partial charge on any atom is 0.489 e. The highest BCUT2D eigenvalue weighted by atomic mass is 16.4. The highest BCUT2D eigenvalue weighted by Crippen LogP contribution is 2.23. The van der Waals surface area contributed by atoms with E-state index in [1.54, 1.807) is 12.3 Å². The van der Waals surface area contributed by atoms with Crippen molar-refractivity contribution < 1.29 is 10.0 Å². The van der Waals surface area contributed by atoms with Crippen molar-refractivity contribution in [2.24, 2.45) is 5.92 Å². The number of aromatic nitrogens is 1. The number of nitrogens with zero attached hydrogens (tertiary/aromatic N) is 1. The zero-order valence-corrected chi connectivity index (χ0v) is 9.06. The van der Waals surface area contributed by atoms with Crippen molar-refractivity contribution in [1.29, 1.82) is 0 Å². The summed E-state index contributed by atoms with van der Waals surface area (Å²) in [6.45, 7) is 0. The number of hydrogen-bond donors (Lipinski definition) is 2. The van der Waals surface area contributed by atoms with Crippen LogP contribution in [0.5, 0.6) is 0 Å². The highest BCUT2D eigenvalue weighted by molar-refractivity contribution is 6.59. The molecule has 2 N–H and O–H groups in total. The van der Waals surface area contributed by atoms with Crippen LogP contribution in [0.4, 0.5) is 0 Å². The van der Waals surface area contributed by atoms with Gasteiger partial charge in [0.15, 0.2) is 0 Å². The Morgan fingerprint density at radius 3 is 2.75 bits per heavy atom. The van der Waals surface area contributed by atoms with E-state index in [4.69, 9.17) is 10.0 Å². The Hall–Kier alpha value is -1.31. The zero-order chi connectivity index (χ0) is 11.4. The first-order valence-electron chi connectivity index (χ1n) is 5.59. The fourth-order valence-corrected chi connectivity index (χ4v) is 1.98. The molecular formula is C12H14BNO2. The minimum atomic E-state index is -1.48. The summed E-state index contributed by atoms with van der Waals surface area (Å²) in [5.41, 5.74) is 1.05. The third-order valence-corrected chi connectivity index (χ3v) is 2.90. The highest BCUT2D eigenvalue weighted by Gasteiger charge is 2.15. The van der Waals surface area contributed by atoms with Gasteiger partial charge < -0.3 is 10.0 Å². The lowest BCUT2D eigenvalue weighted by Crippen LogP contribution is -2.32. The Balaban J connectivity index is 2.19. The summed E-state index contributed by atoms with van der Waals surface area (Å²) in [5, 5.41) is 18.3. The third-order valence-electron chi connectivity index (χ3n) is 2.90. The molecule has 1 aromatic rings. The lowest BCUT2D eigenvalue weighted by Gasteiger charge is -2.01. The van der Waals surface area contributed by atoms with Gasteiger partial charge in [-0.3, -0.25) is 4.98 Å². The van der Waals surface area contributed by atoms with Gasteiger partial charge in [-0.25, -0.2) is 0 Å². The fraction of sp³-hybridized carbons (Fsp3) is 0.417. The summed E-state index contributed by atoms with van der Waals surface area (Å²) >= 11 is 0. The van der Waals surface area contributed by atoms with Gasteiger partial charge in [0.1, 0.15) is 0 Å². The molecule has 0 aliphatic heterocycles. The van der Waals surface area contributed by atoms with E-state index < -0.39 is 7.12 Å². The van der Waals surface area contributed by atoms with Gasteiger partial charge in [0.05, 0.1) is 0 Å². The van der Waals surface area contributed by atoms with Crippen molar-refractivity contribution in [2.75, 3.05) is 0 Å². The predicted molar refractivity (Wildman–Crippen MR) is 62.9 cm³/mol. The number of hydrogen-bond acceptors (Lipinski definition) is 3. The molecule has 1 aromatic heterocycles. The Morgan fingerprint density at radius 1 is 1.31 bits per heavy atom. The van der Waals surface area contributed by atoms with Crippen molar-refractivity contribution >= 4 is 12.6 Å². The average Bonchev–Trinajstić information content (AvgIpc) is 2.79. The first kappa shape index (κ1) is 11.2. The Morgan fingerprint density at radius 2 is 2.06 bits per heavy atom. The van der Waals surface area contributed by atoms with Crippen molar-refractivity contribution in [3.8, 4) is 11.8 Å². The second-order valence-corrected chi connectivity index (χ2v) is 4.09. The molecule has 2 rings (SSSR count). The van der Waals surface area contributed by atoms with E-state index in [1.165, 1.54) is 19.0 Å². The van der Waals surface area contributed by atoms with Crippen molar-refractivity contribution in [1.82, 2.24) is 4.98 Å². The summed E-state index contributed by atoms with van der Waals surface area (Å²) in [5.74, 6) is 6.65. The van der Waals surface area contributed by atoms with Crippen LogP contribution in [0.15, 0.2) is 18.5 Å². The van der Waals surface area contributed by atoms with Gasteiger partial charge >= 0.3 is 7.12 Å². The number of pyridine rings is 1. The quantitative estimate of drug-likeness (QED) is 0.523. The van der Waals surface area contributed by atoms with Crippen molar-refractivity contribution in [3.63, 3.8) is 0 Å². The minimum absolute atomic E-state index is 0.431. The van der Waals surface area contributed by atoms with E-state index >= 15 is 0 Å². The molecule has 1 aliphatic carbocycles. The largest absolute Gasteiger partial charge is 0.489 e. The van der Waals surface area contributed by atoms with E-state index in [-0.39, 0.29) is 0 Å². The molecule has 0 saturated heterocycles. The second-order valence-electron chi connectivity index (χ2n) is 4.09. The van der Waals surface area contributed by atoms with Gasteiger partial charge in [-0.2, -0.15) is 0 Å². The molecular weight excluding hydrogens is 201 g/mol. The van der Waals surface area contributed by atoms with Gasteiger partial charge in [-0.15, -0.1) is 0 Å². The average molecular weight is 215 g/mol. The molecule has 3 nitrogen and oxygen atoms in total. The molecule has 0 radical (unpaired) electrons. The Labute approximate surface area is 95.7 Å². The monoisotopic (exact) mass is 215 g/mol. The first-order chi connectivity index (χ1) is 7.77. The molecule has 1 fully saturated rings. The van der Waals surface area contributed by atoms with Crippen LogP contribution in [0.2, 0.25) is 0 Å². The van der Waals surface area contributed by atoms with Gasteiger partial charge in [-0.05, 0) is 18.9 Å². The van der Waals surface area contributed by atoms with Crippen LogP contribution in [0.1, 0.15) is 31.2 Å². The van der Waals surface area contributed by atoms with Gasteiger partial charge in [0.2, 0.25) is 0 Å². The summed E-state index contributed by atoms with van der Waals surface area (Å²) in [6, 6.07) is 1.59. The molecule has 82 valence electrons. The molecule has 0 spiro atoms. The molecule has 4 heteroatoms. The van der Waals surface area contributed by atoms with Crippen LogP contribution < -0.4 is 5.46 Å². The molecule has 0 atom stereocenters. The molecule has 0 bridgehead atoms. The van der Waals surface area contributed by atoms with Gasteiger partial charge in [0, 0.05) is 29.3 Å². The second kappa shape index (κ2) is 5.15. The van der Waals surface area contributed by atoms with Gasteiger partial charge in [0.25, 0.3) is 0 Å². The summed E-state index contributed by atoms with van der Waals surface area (Å²) in [6.07, 6.45) is 7.94. The van der Waals surface area contributed by atoms with Crippen molar-refractivity contribution in [2.45, 2.75) is 25.7 Å². The first-order valence-corrected chi connectivity index (χ1v) is 5.59. The van der Waals surface area contributed by atoms with Crippen LogP contribution in [0.3, 0.4) is 0 Å². The van der Waals surface area contributed by atoms with E-state index in [0.29, 0.717) is 16.9 Å². The minimum Gasteiger partial charge on any atom is -0.423 e. The molecule has 1 saturated carbocycles.